The van der Waals surface area contributed by atoms with Crippen molar-refractivity contribution in [3.63, 3.8) is 0 Å². The first-order valence-corrected chi connectivity index (χ1v) is 8.83. The molecule has 0 aromatic carbocycles. The lowest BCUT2D eigenvalue weighted by Gasteiger charge is -2.12. The van der Waals surface area contributed by atoms with Gasteiger partial charge in [0.2, 0.25) is 10.0 Å². The van der Waals surface area contributed by atoms with Crippen LogP contribution in [0.15, 0.2) is 17.2 Å². The number of rotatable bonds is 10. The van der Waals surface area contributed by atoms with E-state index in [1.165, 1.54) is 0 Å². The Balaban J connectivity index is 2.95. The summed E-state index contributed by atoms with van der Waals surface area (Å²) >= 11 is 0. The molecule has 0 radical (unpaired) electrons. The fraction of sp³-hybridized carbons (Fsp3) is 0.714. The van der Waals surface area contributed by atoms with Gasteiger partial charge in [-0.2, -0.15) is 0 Å². The van der Waals surface area contributed by atoms with E-state index in [1.54, 1.807) is 26.3 Å². The second-order valence-corrected chi connectivity index (χ2v) is 6.83. The second-order valence-electron chi connectivity index (χ2n) is 5.12. The summed E-state index contributed by atoms with van der Waals surface area (Å²) in [6.07, 6.45) is 2.67. The van der Waals surface area contributed by atoms with Gasteiger partial charge >= 0.3 is 0 Å². The lowest BCUT2D eigenvalue weighted by molar-refractivity contribution is 0.180. The first-order chi connectivity index (χ1) is 9.94. The summed E-state index contributed by atoms with van der Waals surface area (Å²) in [5.41, 5.74) is 0.985. The van der Waals surface area contributed by atoms with Gasteiger partial charge in [-0.3, -0.25) is 0 Å². The van der Waals surface area contributed by atoms with E-state index in [4.69, 9.17) is 4.74 Å². The van der Waals surface area contributed by atoms with Crippen LogP contribution in [0.25, 0.3) is 0 Å². The molecule has 2 N–H and O–H groups in total. The number of hydrogen-bond donors (Lipinski definition) is 2. The number of hydrogen-bond acceptors (Lipinski definition) is 4. The number of ether oxygens (including phenoxy) is 1. The Morgan fingerprint density at radius 1 is 1.38 bits per heavy atom. The van der Waals surface area contributed by atoms with Crippen molar-refractivity contribution in [3.8, 4) is 0 Å². The molecule has 1 aromatic heterocycles. The molecular weight excluding hydrogens is 290 g/mol. The summed E-state index contributed by atoms with van der Waals surface area (Å²) in [5, 5.41) is 3.23. The standard InChI is InChI=1S/C14H27N3O3S/c1-5-7-17-10-14(8-13(17)9-15-6-2)21(18,19)16-12(3)11-20-4/h8,10,12,15-16H,5-7,9,11H2,1-4H3. The van der Waals surface area contributed by atoms with Crippen LogP contribution in [0.3, 0.4) is 0 Å². The molecule has 0 bridgehead atoms. The highest BCUT2D eigenvalue weighted by atomic mass is 32.2. The Labute approximate surface area is 127 Å². The summed E-state index contributed by atoms with van der Waals surface area (Å²) in [4.78, 5) is 0.312. The number of nitrogens with zero attached hydrogens (tertiary/aromatic N) is 1. The highest BCUT2D eigenvalue weighted by Gasteiger charge is 2.20. The fourth-order valence-corrected chi connectivity index (χ4v) is 3.43. The fourth-order valence-electron chi connectivity index (χ4n) is 2.14. The highest BCUT2D eigenvalue weighted by Crippen LogP contribution is 2.15. The number of methoxy groups -OCH3 is 1. The van der Waals surface area contributed by atoms with Crippen molar-refractivity contribution in [3.05, 3.63) is 18.0 Å². The van der Waals surface area contributed by atoms with Crippen LogP contribution in [0.4, 0.5) is 0 Å². The van der Waals surface area contributed by atoms with Gasteiger partial charge in [0, 0.05) is 38.1 Å². The predicted octanol–water partition coefficient (Wildman–Crippen LogP) is 1.32. The molecule has 7 heteroatoms. The van der Waals surface area contributed by atoms with E-state index in [0.717, 1.165) is 25.2 Å². The van der Waals surface area contributed by atoms with Gasteiger partial charge < -0.3 is 14.6 Å². The summed E-state index contributed by atoms with van der Waals surface area (Å²) in [5.74, 6) is 0. The third-order valence-corrected chi connectivity index (χ3v) is 4.62. The third kappa shape index (κ3) is 5.43. The summed E-state index contributed by atoms with van der Waals surface area (Å²) in [7, 11) is -1.95. The Kier molecular flexibility index (Phi) is 7.37. The van der Waals surface area contributed by atoms with E-state index in [9.17, 15) is 8.42 Å². The smallest absolute Gasteiger partial charge is 0.242 e. The minimum atomic E-state index is -3.51. The molecule has 0 amide bonds. The van der Waals surface area contributed by atoms with Crippen molar-refractivity contribution < 1.29 is 13.2 Å². The van der Waals surface area contributed by atoms with E-state index in [1.807, 2.05) is 11.5 Å². The zero-order valence-corrected chi connectivity index (χ0v) is 14.2. The van der Waals surface area contributed by atoms with Crippen LogP contribution in [0.5, 0.6) is 0 Å². The van der Waals surface area contributed by atoms with E-state index in [-0.39, 0.29) is 6.04 Å². The van der Waals surface area contributed by atoms with Crippen LogP contribution in [-0.4, -0.2) is 39.3 Å². The van der Waals surface area contributed by atoms with E-state index in [2.05, 4.69) is 17.0 Å². The van der Waals surface area contributed by atoms with Crippen LogP contribution in [0.2, 0.25) is 0 Å². The monoisotopic (exact) mass is 317 g/mol. The maximum Gasteiger partial charge on any atom is 0.242 e. The molecule has 0 aliphatic rings. The Morgan fingerprint density at radius 3 is 2.67 bits per heavy atom. The number of sulfonamides is 1. The molecule has 6 nitrogen and oxygen atoms in total. The lowest BCUT2D eigenvalue weighted by Crippen LogP contribution is -2.35. The molecule has 0 aliphatic heterocycles. The largest absolute Gasteiger partial charge is 0.383 e. The molecule has 0 saturated carbocycles. The Bertz CT molecular complexity index is 526. The molecule has 0 aliphatic carbocycles. The molecular formula is C14H27N3O3S. The van der Waals surface area contributed by atoms with E-state index < -0.39 is 10.0 Å². The maximum absolute atomic E-state index is 12.4. The number of nitrogens with one attached hydrogen (secondary N) is 2. The maximum atomic E-state index is 12.4. The highest BCUT2D eigenvalue weighted by molar-refractivity contribution is 7.89. The van der Waals surface area contributed by atoms with Crippen LogP contribution in [0.1, 0.15) is 32.9 Å². The lowest BCUT2D eigenvalue weighted by atomic mass is 10.4. The Hall–Kier alpha value is -0.890. The van der Waals surface area contributed by atoms with Gasteiger partial charge in [0.15, 0.2) is 0 Å². The van der Waals surface area contributed by atoms with Gasteiger partial charge in [0.1, 0.15) is 0 Å². The molecule has 1 unspecified atom stereocenters. The molecule has 1 atom stereocenters. The molecule has 1 aromatic rings. The van der Waals surface area contributed by atoms with Crippen molar-refractivity contribution >= 4 is 10.0 Å². The average Bonchev–Trinajstić information content (AvgIpc) is 2.80. The van der Waals surface area contributed by atoms with Crippen LogP contribution >= 0.6 is 0 Å². The SMILES string of the molecule is CCCn1cc(S(=O)(=O)NC(C)COC)cc1CNCC. The quantitative estimate of drug-likeness (QED) is 0.683. The van der Waals surface area contributed by atoms with Crippen LogP contribution in [0, 0.1) is 0 Å². The first kappa shape index (κ1) is 18.2. The van der Waals surface area contributed by atoms with Crippen molar-refractivity contribution in [2.45, 2.75) is 51.2 Å². The molecule has 21 heavy (non-hydrogen) atoms. The molecule has 0 saturated heterocycles. The molecule has 0 spiro atoms. The van der Waals surface area contributed by atoms with E-state index in [0.29, 0.717) is 18.0 Å². The molecule has 1 rings (SSSR count). The van der Waals surface area contributed by atoms with E-state index >= 15 is 0 Å². The molecule has 1 heterocycles. The zero-order valence-electron chi connectivity index (χ0n) is 13.3. The van der Waals surface area contributed by atoms with Crippen molar-refractivity contribution in [2.24, 2.45) is 0 Å². The van der Waals surface area contributed by atoms with Gasteiger partial charge in [0.25, 0.3) is 0 Å². The van der Waals surface area contributed by atoms with Gasteiger partial charge in [0.05, 0.1) is 11.5 Å². The zero-order chi connectivity index (χ0) is 15.9. The number of aromatic nitrogens is 1. The minimum absolute atomic E-state index is 0.258. The van der Waals surface area contributed by atoms with Gasteiger partial charge in [-0.1, -0.05) is 13.8 Å². The molecule has 122 valence electrons. The average molecular weight is 317 g/mol. The van der Waals surface area contributed by atoms with Gasteiger partial charge in [-0.25, -0.2) is 13.1 Å². The Morgan fingerprint density at radius 2 is 2.10 bits per heavy atom. The summed E-state index contributed by atoms with van der Waals surface area (Å²) in [6.45, 7) is 8.55. The van der Waals surface area contributed by atoms with Crippen LogP contribution in [-0.2, 0) is 27.8 Å². The van der Waals surface area contributed by atoms with Gasteiger partial charge in [-0.05, 0) is 26.0 Å². The van der Waals surface area contributed by atoms with Crippen molar-refractivity contribution in [1.29, 1.82) is 0 Å². The van der Waals surface area contributed by atoms with Crippen LogP contribution < -0.4 is 10.0 Å². The molecule has 0 fully saturated rings. The minimum Gasteiger partial charge on any atom is -0.383 e. The first-order valence-electron chi connectivity index (χ1n) is 7.35. The predicted molar refractivity (Wildman–Crippen MR) is 83.8 cm³/mol. The van der Waals surface area contributed by atoms with Crippen molar-refractivity contribution in [1.82, 2.24) is 14.6 Å². The topological polar surface area (TPSA) is 72.4 Å². The second kappa shape index (κ2) is 8.53. The van der Waals surface area contributed by atoms with Gasteiger partial charge in [-0.15, -0.1) is 0 Å². The number of aryl methyl sites for hydroxylation is 1. The normalized spacial score (nSPS) is 13.5. The summed E-state index contributed by atoms with van der Waals surface area (Å²) < 4.78 is 34.3. The van der Waals surface area contributed by atoms with Crippen molar-refractivity contribution in [2.75, 3.05) is 20.3 Å². The third-order valence-electron chi connectivity index (χ3n) is 3.06. The summed E-state index contributed by atoms with van der Waals surface area (Å²) in [6, 6.07) is 1.48.